The third kappa shape index (κ3) is 5.07. The van der Waals surface area contributed by atoms with Gasteiger partial charge in [-0.15, -0.1) is 0 Å². The fraction of sp³-hybridized carbons (Fsp3) is 0.632. The summed E-state index contributed by atoms with van der Waals surface area (Å²) >= 11 is -2.41. The van der Waals surface area contributed by atoms with E-state index in [1.165, 1.54) is 0 Å². The summed E-state index contributed by atoms with van der Waals surface area (Å²) in [6, 6.07) is 5.55. The van der Waals surface area contributed by atoms with Crippen LogP contribution >= 0.6 is 0 Å². The third-order valence-corrected chi connectivity index (χ3v) is 15.5. The number of nitrogens with zero attached hydrogens (tertiary/aromatic N) is 1. The monoisotopic (exact) mass is 473 g/mol. The molecule has 6 heteroatoms. The van der Waals surface area contributed by atoms with Gasteiger partial charge in [-0.1, -0.05) is 0 Å². The quantitative estimate of drug-likeness (QED) is 0.572. The third-order valence-electron chi connectivity index (χ3n) is 5.28. The van der Waals surface area contributed by atoms with Crippen molar-refractivity contribution >= 4 is 36.0 Å². The van der Waals surface area contributed by atoms with E-state index in [1.54, 1.807) is 6.07 Å². The number of halogens is 1. The normalized spacial score (nSPS) is 18.9. The summed E-state index contributed by atoms with van der Waals surface area (Å²) in [6.45, 7) is 11.7. The average Bonchev–Trinajstić information content (AvgIpc) is 2.91. The molecule has 0 aliphatic carbocycles. The first-order valence-corrected chi connectivity index (χ1v) is 21.9. The molecule has 1 aliphatic rings. The molecule has 0 N–H and O–H groups in total. The molecule has 1 atom stereocenters. The summed E-state index contributed by atoms with van der Waals surface area (Å²) in [5, 5.41) is 4.36. The topological polar surface area (TPSA) is 30.8 Å². The molecular formula is C19H32FNO2SiSn. The van der Waals surface area contributed by atoms with Gasteiger partial charge in [0.1, 0.15) is 0 Å². The second-order valence-corrected chi connectivity index (χ2v) is 28.7. The summed E-state index contributed by atoms with van der Waals surface area (Å²) in [7, 11) is -1.80. The Kier molecular flexibility index (Phi) is 6.11. The average molecular weight is 472 g/mol. The Hall–Kier alpha value is -0.404. The predicted molar refractivity (Wildman–Crippen MR) is 109 cm³/mol. The van der Waals surface area contributed by atoms with Crippen LogP contribution in [-0.4, -0.2) is 45.1 Å². The van der Waals surface area contributed by atoms with Crippen LogP contribution in [0, 0.1) is 5.82 Å². The molecule has 0 bridgehead atoms. The van der Waals surface area contributed by atoms with Crippen LogP contribution in [-0.2, 0) is 9.26 Å². The van der Waals surface area contributed by atoms with Gasteiger partial charge in [-0.2, -0.15) is 0 Å². The molecule has 0 radical (unpaired) electrons. The Labute approximate surface area is 157 Å². The van der Waals surface area contributed by atoms with Crippen LogP contribution in [0.25, 0.3) is 0 Å². The van der Waals surface area contributed by atoms with E-state index >= 15 is 0 Å². The van der Waals surface area contributed by atoms with Crippen molar-refractivity contribution in [1.29, 1.82) is 0 Å². The first-order chi connectivity index (χ1) is 11.3. The molecule has 2 rings (SSSR count). The van der Waals surface area contributed by atoms with Crippen LogP contribution in [0.3, 0.4) is 0 Å². The fourth-order valence-corrected chi connectivity index (χ4v) is 7.46. The van der Waals surface area contributed by atoms with Gasteiger partial charge in [-0.25, -0.2) is 0 Å². The van der Waals surface area contributed by atoms with E-state index in [4.69, 9.17) is 9.26 Å². The summed E-state index contributed by atoms with van der Waals surface area (Å²) in [4.78, 5) is 12.2. The number of rotatable bonds is 5. The summed E-state index contributed by atoms with van der Waals surface area (Å²) in [5.41, 5.74) is 1.64. The van der Waals surface area contributed by atoms with Gasteiger partial charge in [0.25, 0.3) is 0 Å². The first kappa shape index (κ1) is 20.9. The van der Waals surface area contributed by atoms with E-state index in [-0.39, 0.29) is 17.0 Å². The van der Waals surface area contributed by atoms with Gasteiger partial charge in [0.2, 0.25) is 0 Å². The SMILES string of the molecule is CC(C)(C)[Si](C)(C)OCC1CC(c2cc[c]([Sn]([CH3])([CH3])[CH3])c(F)c2)=NO1. The van der Waals surface area contributed by atoms with Crippen molar-refractivity contribution in [3.05, 3.63) is 29.6 Å². The van der Waals surface area contributed by atoms with Crippen LogP contribution in [0.4, 0.5) is 4.39 Å². The van der Waals surface area contributed by atoms with Crippen LogP contribution < -0.4 is 3.58 Å². The fourth-order valence-electron chi connectivity index (χ4n) is 2.51. The molecule has 0 aromatic heterocycles. The second kappa shape index (κ2) is 7.31. The van der Waals surface area contributed by atoms with Crippen molar-refractivity contribution in [3.8, 4) is 0 Å². The Bertz CT molecular complexity index is 662. The molecule has 0 amide bonds. The second-order valence-electron chi connectivity index (χ2n) is 9.49. The van der Waals surface area contributed by atoms with E-state index in [2.05, 4.69) is 53.8 Å². The van der Waals surface area contributed by atoms with E-state index in [0.717, 1.165) is 14.9 Å². The van der Waals surface area contributed by atoms with Gasteiger partial charge in [0, 0.05) is 0 Å². The van der Waals surface area contributed by atoms with Gasteiger partial charge in [-0.05, 0) is 0 Å². The van der Waals surface area contributed by atoms with E-state index in [0.29, 0.717) is 13.0 Å². The molecule has 1 unspecified atom stereocenters. The Morgan fingerprint density at radius 2 is 1.92 bits per heavy atom. The molecular weight excluding hydrogens is 440 g/mol. The zero-order valence-corrected chi connectivity index (χ0v) is 20.7. The molecule has 0 saturated heterocycles. The molecule has 0 saturated carbocycles. The van der Waals surface area contributed by atoms with E-state index < -0.39 is 26.7 Å². The molecule has 0 fully saturated rings. The van der Waals surface area contributed by atoms with Crippen LogP contribution in [0.15, 0.2) is 23.4 Å². The minimum absolute atomic E-state index is 0.0753. The molecule has 1 heterocycles. The summed E-state index contributed by atoms with van der Waals surface area (Å²) in [5.74, 6) is -0.0931. The zero-order chi connectivity index (χ0) is 19.0. The molecule has 140 valence electrons. The van der Waals surface area contributed by atoms with Crippen molar-refractivity contribution in [2.24, 2.45) is 5.16 Å². The van der Waals surface area contributed by atoms with E-state index in [1.807, 2.05) is 12.1 Å². The van der Waals surface area contributed by atoms with Gasteiger partial charge in [0.15, 0.2) is 0 Å². The zero-order valence-electron chi connectivity index (χ0n) is 16.9. The van der Waals surface area contributed by atoms with Crippen LogP contribution in [0.2, 0.25) is 33.0 Å². The molecule has 1 aromatic rings. The Morgan fingerprint density at radius 1 is 1.28 bits per heavy atom. The number of hydrogen-bond acceptors (Lipinski definition) is 3. The molecule has 25 heavy (non-hydrogen) atoms. The molecule has 3 nitrogen and oxygen atoms in total. The van der Waals surface area contributed by atoms with E-state index in [9.17, 15) is 4.39 Å². The van der Waals surface area contributed by atoms with Gasteiger partial charge in [0.05, 0.1) is 0 Å². The van der Waals surface area contributed by atoms with Gasteiger partial charge in [-0.3, -0.25) is 0 Å². The van der Waals surface area contributed by atoms with Crippen molar-refractivity contribution < 1.29 is 13.7 Å². The first-order valence-electron chi connectivity index (χ1n) is 8.98. The van der Waals surface area contributed by atoms with Crippen LogP contribution in [0.1, 0.15) is 32.8 Å². The van der Waals surface area contributed by atoms with Crippen molar-refractivity contribution in [3.63, 3.8) is 0 Å². The standard InChI is InChI=1S/C16H23FNO2Si.3CH3.Sn/c1-16(2,3)21(4,5)19-11-14-10-15(18-20-14)12-7-6-8-13(17)9-12;;;;/h6-7,9,14H,10-11H2,1-5H3;3*1H3;. The van der Waals surface area contributed by atoms with Crippen molar-refractivity contribution in [2.45, 2.75) is 66.2 Å². The Morgan fingerprint density at radius 3 is 2.44 bits per heavy atom. The number of benzene rings is 1. The predicted octanol–water partition coefficient (Wildman–Crippen LogP) is 4.89. The summed E-state index contributed by atoms with van der Waals surface area (Å²) in [6.07, 6.45) is 0.598. The van der Waals surface area contributed by atoms with Gasteiger partial charge >= 0.3 is 157 Å². The number of hydrogen-bond donors (Lipinski definition) is 0. The van der Waals surface area contributed by atoms with Crippen molar-refractivity contribution in [2.75, 3.05) is 6.61 Å². The van der Waals surface area contributed by atoms with Gasteiger partial charge < -0.3 is 0 Å². The molecule has 1 aromatic carbocycles. The Balaban J connectivity index is 2.00. The van der Waals surface area contributed by atoms with Crippen LogP contribution in [0.5, 0.6) is 0 Å². The minimum atomic E-state index is -2.41. The van der Waals surface area contributed by atoms with Crippen molar-refractivity contribution in [1.82, 2.24) is 0 Å². The number of oxime groups is 1. The molecule has 0 spiro atoms. The summed E-state index contributed by atoms with van der Waals surface area (Å²) < 4.78 is 21.6. The maximum atomic E-state index is 14.5. The maximum absolute atomic E-state index is 14.5. The molecule has 1 aliphatic heterocycles.